The van der Waals surface area contributed by atoms with Crippen LogP contribution in [0.2, 0.25) is 0 Å². The average molecular weight is 210 g/mol. The van der Waals surface area contributed by atoms with Crippen LogP contribution in [0.4, 0.5) is 0 Å². The first-order valence-corrected chi connectivity index (χ1v) is 5.98. The third-order valence-corrected chi connectivity index (χ3v) is 3.95. The molecule has 0 radical (unpaired) electrons. The number of likely N-dealkylation sites (N-methyl/N-ethyl adjacent to an activating group) is 1. The average Bonchev–Trinajstić information content (AvgIpc) is 2.51. The molecule has 0 saturated carbocycles. The minimum absolute atomic E-state index is 0.574. The van der Waals surface area contributed by atoms with Gasteiger partial charge in [0.15, 0.2) is 0 Å². The minimum Gasteiger partial charge on any atom is -0.311 e. The van der Waals surface area contributed by atoms with Crippen LogP contribution in [-0.4, -0.2) is 31.1 Å². The summed E-state index contributed by atoms with van der Waals surface area (Å²) in [6.45, 7) is 6.64. The zero-order valence-electron chi connectivity index (χ0n) is 9.08. The highest BCUT2D eigenvalue weighted by atomic mass is 32.1. The topological polar surface area (TPSA) is 15.3 Å². The summed E-state index contributed by atoms with van der Waals surface area (Å²) in [5.41, 5.74) is 0. The van der Waals surface area contributed by atoms with Gasteiger partial charge in [-0.1, -0.05) is 0 Å². The quantitative estimate of drug-likeness (QED) is 0.763. The first-order valence-electron chi connectivity index (χ1n) is 5.17. The molecule has 1 aliphatic rings. The first-order chi connectivity index (χ1) is 6.66. The lowest BCUT2D eigenvalue weighted by Crippen LogP contribution is -2.49. The van der Waals surface area contributed by atoms with Gasteiger partial charge in [-0.25, -0.2) is 0 Å². The minimum atomic E-state index is 0.574. The third-order valence-electron chi connectivity index (χ3n) is 2.84. The van der Waals surface area contributed by atoms with Crippen molar-refractivity contribution in [3.05, 3.63) is 21.9 Å². The highest BCUT2D eigenvalue weighted by Gasteiger charge is 2.24. The molecular weight excluding hydrogens is 192 g/mol. The number of rotatable bonds is 1. The van der Waals surface area contributed by atoms with E-state index in [1.54, 1.807) is 0 Å². The van der Waals surface area contributed by atoms with Crippen molar-refractivity contribution in [3.63, 3.8) is 0 Å². The molecule has 14 heavy (non-hydrogen) atoms. The van der Waals surface area contributed by atoms with Gasteiger partial charge in [-0.3, -0.25) is 4.90 Å². The van der Waals surface area contributed by atoms with Gasteiger partial charge < -0.3 is 5.32 Å². The molecule has 1 N–H and O–H groups in total. The highest BCUT2D eigenvalue weighted by molar-refractivity contribution is 7.12. The van der Waals surface area contributed by atoms with Crippen molar-refractivity contribution in [2.75, 3.05) is 20.1 Å². The van der Waals surface area contributed by atoms with E-state index in [2.05, 4.69) is 43.2 Å². The Morgan fingerprint density at radius 2 is 2.29 bits per heavy atom. The van der Waals surface area contributed by atoms with Gasteiger partial charge in [-0.15, -0.1) is 11.3 Å². The molecule has 0 aromatic carbocycles. The van der Waals surface area contributed by atoms with E-state index in [0.717, 1.165) is 13.1 Å². The monoisotopic (exact) mass is 210 g/mol. The Morgan fingerprint density at radius 3 is 2.86 bits per heavy atom. The maximum absolute atomic E-state index is 3.54. The van der Waals surface area contributed by atoms with E-state index in [9.17, 15) is 0 Å². The second kappa shape index (κ2) is 4.01. The second-order valence-corrected chi connectivity index (χ2v) is 5.53. The SMILES string of the molecule is Cc1ccc(C2CNC(C)CN2C)s1. The molecule has 1 aromatic rings. The van der Waals surface area contributed by atoms with Crippen LogP contribution in [0.25, 0.3) is 0 Å². The van der Waals surface area contributed by atoms with Gasteiger partial charge in [-0.05, 0) is 33.0 Å². The van der Waals surface area contributed by atoms with Crippen molar-refractivity contribution in [3.8, 4) is 0 Å². The summed E-state index contributed by atoms with van der Waals surface area (Å²) in [7, 11) is 2.22. The van der Waals surface area contributed by atoms with Crippen molar-refractivity contribution in [2.45, 2.75) is 25.9 Å². The molecule has 2 heterocycles. The number of hydrogen-bond acceptors (Lipinski definition) is 3. The molecule has 1 aromatic heterocycles. The number of nitrogens with one attached hydrogen (secondary N) is 1. The van der Waals surface area contributed by atoms with Crippen LogP contribution in [0.1, 0.15) is 22.7 Å². The van der Waals surface area contributed by atoms with Crippen LogP contribution in [0.3, 0.4) is 0 Å². The molecule has 0 aliphatic carbocycles. The van der Waals surface area contributed by atoms with Gasteiger partial charge in [0, 0.05) is 28.9 Å². The third kappa shape index (κ3) is 2.00. The predicted molar refractivity (Wildman–Crippen MR) is 61.9 cm³/mol. The summed E-state index contributed by atoms with van der Waals surface area (Å²) < 4.78 is 0. The van der Waals surface area contributed by atoms with Gasteiger partial charge in [-0.2, -0.15) is 0 Å². The molecule has 2 unspecified atom stereocenters. The number of hydrogen-bond donors (Lipinski definition) is 1. The summed E-state index contributed by atoms with van der Waals surface area (Å²) in [4.78, 5) is 5.35. The van der Waals surface area contributed by atoms with E-state index in [1.807, 2.05) is 11.3 Å². The lowest BCUT2D eigenvalue weighted by atomic mass is 10.1. The molecule has 1 aliphatic heterocycles. The summed E-state index contributed by atoms with van der Waals surface area (Å²) in [5, 5.41) is 3.54. The summed E-state index contributed by atoms with van der Waals surface area (Å²) in [5.74, 6) is 0. The number of piperazine rings is 1. The van der Waals surface area contributed by atoms with E-state index in [-0.39, 0.29) is 0 Å². The molecule has 1 saturated heterocycles. The highest BCUT2D eigenvalue weighted by Crippen LogP contribution is 2.28. The summed E-state index contributed by atoms with van der Waals surface area (Å²) in [6.07, 6.45) is 0. The van der Waals surface area contributed by atoms with Crippen molar-refractivity contribution in [2.24, 2.45) is 0 Å². The van der Waals surface area contributed by atoms with Gasteiger partial charge in [0.1, 0.15) is 0 Å². The van der Waals surface area contributed by atoms with Crippen LogP contribution < -0.4 is 5.32 Å². The molecule has 0 bridgehead atoms. The Labute approximate surface area is 89.9 Å². The van der Waals surface area contributed by atoms with Gasteiger partial charge >= 0.3 is 0 Å². The Morgan fingerprint density at radius 1 is 1.50 bits per heavy atom. The maximum atomic E-state index is 3.54. The van der Waals surface area contributed by atoms with Gasteiger partial charge in [0.05, 0.1) is 6.04 Å². The molecule has 3 heteroatoms. The maximum Gasteiger partial charge on any atom is 0.0564 e. The molecule has 0 spiro atoms. The molecule has 0 amide bonds. The summed E-state index contributed by atoms with van der Waals surface area (Å²) in [6, 6.07) is 5.67. The van der Waals surface area contributed by atoms with Crippen molar-refractivity contribution in [1.82, 2.24) is 10.2 Å². The van der Waals surface area contributed by atoms with E-state index in [0.29, 0.717) is 12.1 Å². The lowest BCUT2D eigenvalue weighted by Gasteiger charge is -2.36. The predicted octanol–water partition coefficient (Wildman–Crippen LogP) is 2.02. The Hall–Kier alpha value is -0.380. The fourth-order valence-electron chi connectivity index (χ4n) is 2.04. The van der Waals surface area contributed by atoms with Crippen molar-refractivity contribution < 1.29 is 0 Å². The Kier molecular flexibility index (Phi) is 2.91. The summed E-state index contributed by atoms with van der Waals surface area (Å²) >= 11 is 1.92. The van der Waals surface area contributed by atoms with E-state index >= 15 is 0 Å². The molecular formula is C11H18N2S. The van der Waals surface area contributed by atoms with Crippen LogP contribution in [-0.2, 0) is 0 Å². The van der Waals surface area contributed by atoms with E-state index in [1.165, 1.54) is 9.75 Å². The lowest BCUT2D eigenvalue weighted by molar-refractivity contribution is 0.173. The van der Waals surface area contributed by atoms with Crippen LogP contribution in [0.5, 0.6) is 0 Å². The number of aryl methyl sites for hydroxylation is 1. The molecule has 2 nitrogen and oxygen atoms in total. The van der Waals surface area contributed by atoms with Gasteiger partial charge in [0.2, 0.25) is 0 Å². The number of thiophene rings is 1. The molecule has 78 valence electrons. The Bertz CT molecular complexity index is 308. The molecule has 2 rings (SSSR count). The molecule has 2 atom stereocenters. The normalized spacial score (nSPS) is 29.4. The smallest absolute Gasteiger partial charge is 0.0564 e. The van der Waals surface area contributed by atoms with Crippen molar-refractivity contribution in [1.29, 1.82) is 0 Å². The van der Waals surface area contributed by atoms with Crippen LogP contribution in [0.15, 0.2) is 12.1 Å². The largest absolute Gasteiger partial charge is 0.311 e. The van der Waals surface area contributed by atoms with E-state index < -0.39 is 0 Å². The standard InChI is InChI=1S/C11H18N2S/c1-8-7-13(3)10(6-12-8)11-5-4-9(2)14-11/h4-5,8,10,12H,6-7H2,1-3H3. The molecule has 1 fully saturated rings. The van der Waals surface area contributed by atoms with Crippen LogP contribution >= 0.6 is 11.3 Å². The van der Waals surface area contributed by atoms with Crippen LogP contribution in [0, 0.1) is 6.92 Å². The number of nitrogens with zero attached hydrogens (tertiary/aromatic N) is 1. The fraction of sp³-hybridized carbons (Fsp3) is 0.636. The Balaban J connectivity index is 2.11. The zero-order chi connectivity index (χ0) is 10.1. The zero-order valence-corrected chi connectivity index (χ0v) is 9.90. The van der Waals surface area contributed by atoms with Crippen molar-refractivity contribution >= 4 is 11.3 Å². The van der Waals surface area contributed by atoms with E-state index in [4.69, 9.17) is 0 Å². The second-order valence-electron chi connectivity index (χ2n) is 4.21. The fourth-order valence-corrected chi connectivity index (χ4v) is 3.09. The van der Waals surface area contributed by atoms with Gasteiger partial charge in [0.25, 0.3) is 0 Å². The first kappa shape index (κ1) is 10.1.